The summed E-state index contributed by atoms with van der Waals surface area (Å²) in [6, 6.07) is 31.6. The first kappa shape index (κ1) is 34.1. The van der Waals surface area contributed by atoms with Crippen LogP contribution in [0.3, 0.4) is 0 Å². The largest absolute Gasteiger partial charge is 0.512 e. The summed E-state index contributed by atoms with van der Waals surface area (Å²) in [4.78, 5) is 16.7. The van der Waals surface area contributed by atoms with Gasteiger partial charge in [-0.1, -0.05) is 115 Å². The van der Waals surface area contributed by atoms with Crippen molar-refractivity contribution in [1.82, 2.24) is 9.55 Å². The Morgan fingerprint density at radius 1 is 0.867 bits per heavy atom. The van der Waals surface area contributed by atoms with E-state index in [1.165, 1.54) is 44.1 Å². The monoisotopic (exact) mass is 776 g/mol. The number of hydrogen-bond acceptors (Lipinski definition) is 3. The molecule has 6 rings (SSSR count). The molecule has 0 spiro atoms. The van der Waals surface area contributed by atoms with E-state index in [-0.39, 0.29) is 37.1 Å². The first-order chi connectivity index (χ1) is 20.7. The molecule has 0 aliphatic carbocycles. The van der Waals surface area contributed by atoms with Crippen LogP contribution in [0.5, 0.6) is 0 Å². The molecule has 5 heteroatoms. The van der Waals surface area contributed by atoms with Gasteiger partial charge in [0, 0.05) is 76.9 Å². The number of para-hydroxylation sites is 2. The Balaban J connectivity index is 0.000000283. The van der Waals surface area contributed by atoms with Gasteiger partial charge in [-0.2, -0.15) is 0 Å². The van der Waals surface area contributed by atoms with Crippen LogP contribution in [-0.4, -0.2) is 20.4 Å². The molecule has 2 aromatic heterocycles. The number of allylic oxidation sites excluding steroid dienone is 2. The number of aromatic nitrogens is 2. The SMILES string of the molecule is CC(C)(C)C(=O)/C=C(\O)C(C)(C)C.CC(C)c1ccc2c(-c3nc4ccccc4c4c5ccccc5n(C)c34)[c-]ccc2c1.[Ir]. The maximum absolute atomic E-state index is 11.5. The number of fused-ring (bicyclic) bond motifs is 6. The summed E-state index contributed by atoms with van der Waals surface area (Å²) in [6.07, 6.45) is 1.33. The molecule has 6 aromatic rings. The molecule has 2 heterocycles. The van der Waals surface area contributed by atoms with Gasteiger partial charge in [-0.05, 0) is 23.6 Å². The van der Waals surface area contributed by atoms with Crippen LogP contribution in [0.4, 0.5) is 0 Å². The number of nitrogens with zero attached hydrogens (tertiary/aromatic N) is 2. The van der Waals surface area contributed by atoms with Gasteiger partial charge in [0.2, 0.25) is 0 Å². The molecule has 1 N–H and O–H groups in total. The van der Waals surface area contributed by atoms with E-state index >= 15 is 0 Å². The molecular formula is C40H43IrN2O2-. The summed E-state index contributed by atoms with van der Waals surface area (Å²) in [5.74, 6) is 0.605. The fourth-order valence-electron chi connectivity index (χ4n) is 5.42. The minimum atomic E-state index is -0.417. The van der Waals surface area contributed by atoms with Crippen LogP contribution in [0.25, 0.3) is 54.7 Å². The Morgan fingerprint density at radius 2 is 1.51 bits per heavy atom. The minimum Gasteiger partial charge on any atom is -0.512 e. The molecule has 1 radical (unpaired) electrons. The van der Waals surface area contributed by atoms with E-state index < -0.39 is 5.41 Å². The number of hydrogen-bond donors (Lipinski definition) is 1. The van der Waals surface area contributed by atoms with Crippen molar-refractivity contribution in [3.05, 3.63) is 102 Å². The van der Waals surface area contributed by atoms with Crippen LogP contribution in [0.2, 0.25) is 0 Å². The van der Waals surface area contributed by atoms with E-state index in [9.17, 15) is 9.90 Å². The van der Waals surface area contributed by atoms with Crippen molar-refractivity contribution in [2.45, 2.75) is 61.3 Å². The van der Waals surface area contributed by atoms with Gasteiger partial charge in [-0.15, -0.1) is 29.1 Å². The van der Waals surface area contributed by atoms with Crippen LogP contribution in [-0.2, 0) is 31.9 Å². The number of aryl methyl sites for hydroxylation is 1. The molecule has 0 saturated carbocycles. The molecule has 0 aliphatic rings. The number of carbonyl (C=O) groups is 1. The zero-order valence-corrected chi connectivity index (χ0v) is 30.1. The second kappa shape index (κ2) is 12.9. The number of carbonyl (C=O) groups excluding carboxylic acids is 1. The summed E-state index contributed by atoms with van der Waals surface area (Å²) in [6.45, 7) is 15.6. The van der Waals surface area contributed by atoms with Gasteiger partial charge in [0.15, 0.2) is 5.78 Å². The molecule has 0 aliphatic heterocycles. The van der Waals surface area contributed by atoms with Crippen molar-refractivity contribution in [3.8, 4) is 11.3 Å². The van der Waals surface area contributed by atoms with Gasteiger partial charge >= 0.3 is 0 Å². The molecule has 4 nitrogen and oxygen atoms in total. The summed E-state index contributed by atoms with van der Waals surface area (Å²) < 4.78 is 2.29. The second-order valence-corrected chi connectivity index (χ2v) is 14.0. The Bertz CT molecular complexity index is 2050. The third-order valence-electron chi connectivity index (χ3n) is 8.25. The van der Waals surface area contributed by atoms with Gasteiger partial charge in [-0.3, -0.25) is 9.78 Å². The molecule has 0 bridgehead atoms. The van der Waals surface area contributed by atoms with Crippen LogP contribution in [0.1, 0.15) is 66.9 Å². The summed E-state index contributed by atoms with van der Waals surface area (Å²) in [5, 5.41) is 15.7. The zero-order valence-electron chi connectivity index (χ0n) is 27.7. The Labute approximate surface area is 280 Å². The van der Waals surface area contributed by atoms with E-state index in [4.69, 9.17) is 4.98 Å². The van der Waals surface area contributed by atoms with Crippen molar-refractivity contribution in [3.63, 3.8) is 0 Å². The van der Waals surface area contributed by atoms with E-state index in [0.29, 0.717) is 5.92 Å². The normalized spacial score (nSPS) is 12.4. The quantitative estimate of drug-likeness (QED) is 0.111. The molecule has 0 amide bonds. The second-order valence-electron chi connectivity index (χ2n) is 14.0. The number of benzene rings is 4. The molecule has 235 valence electrons. The average Bonchev–Trinajstić information content (AvgIpc) is 3.28. The van der Waals surface area contributed by atoms with Crippen LogP contribution < -0.4 is 0 Å². The topological polar surface area (TPSA) is 55.1 Å². The molecule has 0 fully saturated rings. The smallest absolute Gasteiger partial charge is 0.164 e. The molecule has 0 atom stereocenters. The van der Waals surface area contributed by atoms with Crippen LogP contribution >= 0.6 is 0 Å². The predicted molar refractivity (Wildman–Crippen MR) is 186 cm³/mol. The number of pyridine rings is 1. The van der Waals surface area contributed by atoms with Crippen LogP contribution in [0.15, 0.2) is 90.7 Å². The minimum absolute atomic E-state index is 0. The Kier molecular flexibility index (Phi) is 9.78. The van der Waals surface area contributed by atoms with E-state index in [0.717, 1.165) is 22.3 Å². The van der Waals surface area contributed by atoms with E-state index in [1.54, 1.807) is 0 Å². The molecule has 45 heavy (non-hydrogen) atoms. The molecule has 0 saturated heterocycles. The van der Waals surface area contributed by atoms with Gasteiger partial charge < -0.3 is 9.67 Å². The third-order valence-corrected chi connectivity index (χ3v) is 8.25. The molecule has 0 unspecified atom stereocenters. The maximum atomic E-state index is 11.5. The number of aliphatic hydroxyl groups is 1. The van der Waals surface area contributed by atoms with E-state index in [2.05, 4.69) is 104 Å². The zero-order chi connectivity index (χ0) is 32.0. The van der Waals surface area contributed by atoms with Crippen molar-refractivity contribution in [2.75, 3.05) is 0 Å². The fourth-order valence-corrected chi connectivity index (χ4v) is 5.42. The van der Waals surface area contributed by atoms with Crippen molar-refractivity contribution in [2.24, 2.45) is 17.9 Å². The van der Waals surface area contributed by atoms with Crippen molar-refractivity contribution < 1.29 is 30.0 Å². The summed E-state index contributed by atoms with van der Waals surface area (Å²) in [5.41, 5.74) is 6.05. The number of aliphatic hydroxyl groups excluding tert-OH is 1. The first-order valence-electron chi connectivity index (χ1n) is 15.3. The summed E-state index contributed by atoms with van der Waals surface area (Å²) in [7, 11) is 2.15. The fraction of sp³-hybridized carbons (Fsp3) is 0.300. The standard InChI is InChI=1S/C29H23N2.C11H20O2.Ir/c1-18(2)19-15-16-21-20(17-19)9-8-12-22(21)28-29-27(23-10-4-6-13-25(23)30-28)24-11-5-7-14-26(24)31(29)3;1-10(2,3)8(12)7-9(13)11(4,5)6;/h4-11,13-18H,1-3H3;7,12H,1-6H3;/q-1;;/b;8-7-;. The predicted octanol–water partition coefficient (Wildman–Crippen LogP) is 10.7. The first-order valence-corrected chi connectivity index (χ1v) is 15.3. The van der Waals surface area contributed by atoms with Gasteiger partial charge in [0.1, 0.15) is 5.76 Å². The molecular weight excluding hydrogens is 733 g/mol. The van der Waals surface area contributed by atoms with E-state index in [1.807, 2.05) is 47.6 Å². The van der Waals surface area contributed by atoms with Gasteiger partial charge in [-0.25, -0.2) is 0 Å². The Morgan fingerprint density at radius 3 is 2.16 bits per heavy atom. The number of rotatable bonds is 3. The third kappa shape index (κ3) is 6.76. The van der Waals surface area contributed by atoms with Gasteiger partial charge in [0.25, 0.3) is 0 Å². The summed E-state index contributed by atoms with van der Waals surface area (Å²) >= 11 is 0. The Hall–Kier alpha value is -3.79. The van der Waals surface area contributed by atoms with Crippen molar-refractivity contribution in [1.29, 1.82) is 0 Å². The van der Waals surface area contributed by atoms with Crippen LogP contribution in [0, 0.1) is 16.9 Å². The van der Waals surface area contributed by atoms with Crippen molar-refractivity contribution >= 4 is 49.3 Å². The average molecular weight is 776 g/mol. The van der Waals surface area contributed by atoms with Gasteiger partial charge in [0.05, 0.1) is 5.52 Å². The maximum Gasteiger partial charge on any atom is 0.164 e. The molecule has 4 aromatic carbocycles. The number of ketones is 1.